The van der Waals surface area contributed by atoms with E-state index in [9.17, 15) is 4.79 Å². The molecule has 1 amide bonds. The Morgan fingerprint density at radius 3 is 2.16 bits per heavy atom. The van der Waals surface area contributed by atoms with Crippen molar-refractivity contribution in [3.05, 3.63) is 35.9 Å². The Hall–Kier alpha value is -1.35. The van der Waals surface area contributed by atoms with Crippen LogP contribution in [-0.2, 0) is 4.79 Å². The van der Waals surface area contributed by atoms with Crippen molar-refractivity contribution in [2.45, 2.75) is 46.2 Å². The van der Waals surface area contributed by atoms with Crippen LogP contribution in [0.4, 0.5) is 0 Å². The second-order valence-corrected chi connectivity index (χ2v) is 5.91. The fourth-order valence-corrected chi connectivity index (χ4v) is 2.44. The van der Waals surface area contributed by atoms with E-state index in [1.54, 1.807) is 0 Å². The number of rotatable bonds is 5. The molecular weight excluding hydrogens is 236 g/mol. The number of hydrogen-bond donors (Lipinski definition) is 1. The van der Waals surface area contributed by atoms with Gasteiger partial charge in [0.2, 0.25) is 5.91 Å². The second-order valence-electron chi connectivity index (χ2n) is 5.91. The zero-order chi connectivity index (χ0) is 14.6. The van der Waals surface area contributed by atoms with Gasteiger partial charge >= 0.3 is 0 Å². The van der Waals surface area contributed by atoms with Crippen molar-refractivity contribution in [3.8, 4) is 0 Å². The van der Waals surface area contributed by atoms with Crippen LogP contribution in [0.2, 0.25) is 0 Å². The van der Waals surface area contributed by atoms with Gasteiger partial charge in [-0.05, 0) is 26.3 Å². The molecule has 1 aromatic carbocycles. The second kappa shape index (κ2) is 6.20. The van der Waals surface area contributed by atoms with Crippen molar-refractivity contribution in [2.24, 2.45) is 11.7 Å². The van der Waals surface area contributed by atoms with Crippen LogP contribution in [0.5, 0.6) is 0 Å². The molecule has 0 spiro atoms. The Labute approximate surface area is 116 Å². The predicted octanol–water partition coefficient (Wildman–Crippen LogP) is 2.97. The maximum Gasteiger partial charge on any atom is 0.225 e. The van der Waals surface area contributed by atoms with Crippen LogP contribution in [0.25, 0.3) is 0 Å². The van der Waals surface area contributed by atoms with E-state index < -0.39 is 5.54 Å². The summed E-state index contributed by atoms with van der Waals surface area (Å²) in [5, 5.41) is 0. The van der Waals surface area contributed by atoms with Crippen molar-refractivity contribution >= 4 is 5.91 Å². The lowest BCUT2D eigenvalue weighted by Crippen LogP contribution is -2.51. The summed E-state index contributed by atoms with van der Waals surface area (Å²) in [6.07, 6.45) is 0. The van der Waals surface area contributed by atoms with E-state index >= 15 is 0 Å². The lowest BCUT2D eigenvalue weighted by molar-refractivity contribution is -0.138. The van der Waals surface area contributed by atoms with E-state index in [4.69, 9.17) is 5.73 Å². The fourth-order valence-electron chi connectivity index (χ4n) is 2.44. The number of carbonyl (C=O) groups excluding carboxylic acids is 1. The zero-order valence-electron chi connectivity index (χ0n) is 12.7. The largest absolute Gasteiger partial charge is 0.334 e. The number of carbonyl (C=O) groups is 1. The van der Waals surface area contributed by atoms with Crippen LogP contribution in [0.3, 0.4) is 0 Å². The number of benzene rings is 1. The van der Waals surface area contributed by atoms with E-state index in [2.05, 4.69) is 0 Å². The molecule has 2 N–H and O–H groups in total. The molecule has 0 fully saturated rings. The summed E-state index contributed by atoms with van der Waals surface area (Å²) in [5.74, 6) is 0.128. The average molecular weight is 262 g/mol. The first kappa shape index (κ1) is 15.7. The third-order valence-electron chi connectivity index (χ3n) is 3.25. The van der Waals surface area contributed by atoms with Crippen LogP contribution >= 0.6 is 0 Å². The van der Waals surface area contributed by atoms with Gasteiger partial charge in [-0.1, -0.05) is 44.2 Å². The maximum atomic E-state index is 12.4. The van der Waals surface area contributed by atoms with Crippen LogP contribution in [-0.4, -0.2) is 22.9 Å². The van der Waals surface area contributed by atoms with Gasteiger partial charge in [-0.15, -0.1) is 0 Å². The third-order valence-corrected chi connectivity index (χ3v) is 3.25. The molecule has 0 saturated heterocycles. The molecular formula is C16H26N2O. The standard InChI is InChI=1S/C16H26N2O/c1-6-18(15(19)12(2)3)14(16(4,5)17)13-10-8-7-9-11-13/h7-12,14H,6,17H2,1-5H3. The minimum absolute atomic E-state index is 0.0199. The summed E-state index contributed by atoms with van der Waals surface area (Å²) in [4.78, 5) is 14.3. The lowest BCUT2D eigenvalue weighted by atomic mass is 9.87. The van der Waals surface area contributed by atoms with Gasteiger partial charge in [0.05, 0.1) is 6.04 Å². The minimum Gasteiger partial charge on any atom is -0.334 e. The van der Waals surface area contributed by atoms with Gasteiger partial charge in [-0.3, -0.25) is 4.79 Å². The molecule has 1 aromatic rings. The molecule has 0 aromatic heterocycles. The van der Waals surface area contributed by atoms with Gasteiger partial charge in [0.15, 0.2) is 0 Å². The third kappa shape index (κ3) is 3.80. The summed E-state index contributed by atoms with van der Waals surface area (Å²) in [6.45, 7) is 10.5. The molecule has 0 bridgehead atoms. The molecule has 0 saturated carbocycles. The first-order valence-electron chi connectivity index (χ1n) is 6.93. The van der Waals surface area contributed by atoms with Crippen molar-refractivity contribution in [1.29, 1.82) is 0 Å². The van der Waals surface area contributed by atoms with Crippen LogP contribution in [0.15, 0.2) is 30.3 Å². The highest BCUT2D eigenvalue weighted by molar-refractivity contribution is 5.78. The quantitative estimate of drug-likeness (QED) is 0.886. The summed E-state index contributed by atoms with van der Waals surface area (Å²) < 4.78 is 0. The Morgan fingerprint density at radius 2 is 1.79 bits per heavy atom. The van der Waals surface area contributed by atoms with Crippen molar-refractivity contribution in [1.82, 2.24) is 4.90 Å². The van der Waals surface area contributed by atoms with Gasteiger partial charge in [-0.25, -0.2) is 0 Å². The average Bonchev–Trinajstić information content (AvgIpc) is 2.34. The van der Waals surface area contributed by atoms with E-state index in [0.29, 0.717) is 6.54 Å². The van der Waals surface area contributed by atoms with Gasteiger partial charge in [0.25, 0.3) is 0 Å². The molecule has 0 aliphatic rings. The first-order chi connectivity index (χ1) is 8.79. The summed E-state index contributed by atoms with van der Waals surface area (Å²) >= 11 is 0. The van der Waals surface area contributed by atoms with Crippen molar-refractivity contribution in [2.75, 3.05) is 6.54 Å². The molecule has 19 heavy (non-hydrogen) atoms. The van der Waals surface area contributed by atoms with E-state index in [1.807, 2.05) is 69.9 Å². The van der Waals surface area contributed by atoms with Gasteiger partial charge in [-0.2, -0.15) is 0 Å². The highest BCUT2D eigenvalue weighted by atomic mass is 16.2. The molecule has 1 atom stereocenters. The SMILES string of the molecule is CCN(C(=O)C(C)C)C(c1ccccc1)C(C)(C)N. The molecule has 1 unspecified atom stereocenters. The number of likely N-dealkylation sites (N-methyl/N-ethyl adjacent to an activating group) is 1. The molecule has 106 valence electrons. The number of nitrogens with zero attached hydrogens (tertiary/aromatic N) is 1. The maximum absolute atomic E-state index is 12.4. The monoisotopic (exact) mass is 262 g/mol. The lowest BCUT2D eigenvalue weighted by Gasteiger charge is -2.40. The fraction of sp³-hybridized carbons (Fsp3) is 0.562. The molecule has 3 heteroatoms. The summed E-state index contributed by atoms with van der Waals surface area (Å²) in [7, 11) is 0. The van der Waals surface area contributed by atoms with Gasteiger partial charge in [0.1, 0.15) is 0 Å². The highest BCUT2D eigenvalue weighted by Gasteiger charge is 2.34. The first-order valence-corrected chi connectivity index (χ1v) is 6.93. The van der Waals surface area contributed by atoms with Crippen molar-refractivity contribution in [3.63, 3.8) is 0 Å². The molecule has 0 aliphatic carbocycles. The summed E-state index contributed by atoms with van der Waals surface area (Å²) in [6, 6.07) is 9.92. The number of nitrogens with two attached hydrogens (primary N) is 1. The number of amides is 1. The van der Waals surface area contributed by atoms with E-state index in [-0.39, 0.29) is 17.9 Å². The topological polar surface area (TPSA) is 46.3 Å². The normalized spacial score (nSPS) is 13.4. The molecule has 0 aliphatic heterocycles. The molecule has 3 nitrogen and oxygen atoms in total. The van der Waals surface area contributed by atoms with Crippen molar-refractivity contribution < 1.29 is 4.79 Å². The van der Waals surface area contributed by atoms with Gasteiger partial charge in [0, 0.05) is 18.0 Å². The smallest absolute Gasteiger partial charge is 0.225 e. The van der Waals surface area contributed by atoms with Crippen LogP contribution in [0, 0.1) is 5.92 Å². The van der Waals surface area contributed by atoms with Crippen LogP contribution < -0.4 is 5.73 Å². The molecule has 0 radical (unpaired) electrons. The Morgan fingerprint density at radius 1 is 1.26 bits per heavy atom. The Kier molecular flexibility index (Phi) is 5.12. The molecule has 1 rings (SSSR count). The van der Waals surface area contributed by atoms with E-state index in [0.717, 1.165) is 5.56 Å². The van der Waals surface area contributed by atoms with E-state index in [1.165, 1.54) is 0 Å². The van der Waals surface area contributed by atoms with Gasteiger partial charge < -0.3 is 10.6 Å². The highest BCUT2D eigenvalue weighted by Crippen LogP contribution is 2.31. The molecule has 0 heterocycles. The Balaban J connectivity index is 3.21. The zero-order valence-corrected chi connectivity index (χ0v) is 12.7. The minimum atomic E-state index is -0.484. The number of hydrogen-bond acceptors (Lipinski definition) is 2. The summed E-state index contributed by atoms with van der Waals surface area (Å²) in [5.41, 5.74) is 6.94. The van der Waals surface area contributed by atoms with Crippen LogP contribution in [0.1, 0.15) is 46.2 Å². The Bertz CT molecular complexity index is 407. The predicted molar refractivity (Wildman–Crippen MR) is 79.7 cm³/mol.